The Bertz CT molecular complexity index is 761. The van der Waals surface area contributed by atoms with E-state index in [9.17, 15) is 9.59 Å². The van der Waals surface area contributed by atoms with Gasteiger partial charge < -0.3 is 20.4 Å². The number of hydrogen-bond acceptors (Lipinski definition) is 4. The summed E-state index contributed by atoms with van der Waals surface area (Å²) in [5.41, 5.74) is 7.70. The van der Waals surface area contributed by atoms with Gasteiger partial charge in [-0.1, -0.05) is 18.2 Å². The Morgan fingerprint density at radius 3 is 2.64 bits per heavy atom. The Balaban J connectivity index is 1.54. The lowest BCUT2D eigenvalue weighted by Gasteiger charge is -2.32. The van der Waals surface area contributed by atoms with Gasteiger partial charge in [0.2, 0.25) is 0 Å². The average Bonchev–Trinajstić information content (AvgIpc) is 3.11. The molecule has 1 aromatic heterocycles. The Morgan fingerprint density at radius 1 is 1.28 bits per heavy atom. The van der Waals surface area contributed by atoms with Gasteiger partial charge in [0.25, 0.3) is 11.8 Å². The molecule has 0 aliphatic carbocycles. The maximum Gasteiger partial charge on any atom is 0.257 e. The van der Waals surface area contributed by atoms with Crippen molar-refractivity contribution in [2.75, 3.05) is 13.1 Å². The molecule has 1 aliphatic rings. The van der Waals surface area contributed by atoms with Crippen LogP contribution in [0.2, 0.25) is 0 Å². The van der Waals surface area contributed by atoms with Gasteiger partial charge in [-0.25, -0.2) is 0 Å². The largest absolute Gasteiger partial charge is 0.467 e. The zero-order valence-corrected chi connectivity index (χ0v) is 14.3. The van der Waals surface area contributed by atoms with Gasteiger partial charge in [0.05, 0.1) is 12.1 Å². The van der Waals surface area contributed by atoms with Crippen molar-refractivity contribution in [3.8, 4) is 0 Å². The van der Waals surface area contributed by atoms with Crippen molar-refractivity contribution in [2.24, 2.45) is 5.73 Å². The Labute approximate surface area is 147 Å². The fourth-order valence-electron chi connectivity index (χ4n) is 3.10. The summed E-state index contributed by atoms with van der Waals surface area (Å²) >= 11 is 0. The first kappa shape index (κ1) is 17.2. The van der Waals surface area contributed by atoms with E-state index in [4.69, 9.17) is 10.2 Å². The zero-order chi connectivity index (χ0) is 17.8. The summed E-state index contributed by atoms with van der Waals surface area (Å²) in [4.78, 5) is 26.6. The number of carbonyl (C=O) groups is 2. The maximum atomic E-state index is 12.5. The molecule has 3 rings (SSSR count). The number of amides is 2. The Morgan fingerprint density at radius 2 is 2.00 bits per heavy atom. The van der Waals surface area contributed by atoms with Crippen molar-refractivity contribution >= 4 is 11.8 Å². The average molecular weight is 341 g/mol. The molecule has 3 N–H and O–H groups in total. The second-order valence-corrected chi connectivity index (χ2v) is 6.36. The summed E-state index contributed by atoms with van der Waals surface area (Å²) in [6.07, 6.45) is 2.94. The van der Waals surface area contributed by atoms with Gasteiger partial charge in [0.15, 0.2) is 0 Å². The number of likely N-dealkylation sites (tertiary alicyclic amines) is 1. The minimum atomic E-state index is -0.0506. The van der Waals surface area contributed by atoms with Gasteiger partial charge in [0, 0.05) is 24.7 Å². The molecule has 0 unspecified atom stereocenters. The number of furan rings is 1. The van der Waals surface area contributed by atoms with E-state index < -0.39 is 0 Å². The predicted octanol–water partition coefficient (Wildman–Crippen LogP) is 2.08. The summed E-state index contributed by atoms with van der Waals surface area (Å²) in [5, 5.41) is 3.08. The lowest BCUT2D eigenvalue weighted by molar-refractivity contribution is 0.0697. The molecule has 2 amide bonds. The third kappa shape index (κ3) is 3.91. The van der Waals surface area contributed by atoms with Gasteiger partial charge in [-0.05, 0) is 37.5 Å². The molecule has 1 saturated heterocycles. The molecule has 1 aromatic carbocycles. The quantitative estimate of drug-likeness (QED) is 0.891. The summed E-state index contributed by atoms with van der Waals surface area (Å²) in [7, 11) is 0. The van der Waals surface area contributed by atoms with E-state index in [2.05, 4.69) is 5.32 Å². The number of benzene rings is 1. The van der Waals surface area contributed by atoms with E-state index in [-0.39, 0.29) is 24.4 Å². The number of nitrogens with two attached hydrogens (primary N) is 1. The summed E-state index contributed by atoms with van der Waals surface area (Å²) < 4.78 is 5.23. The molecule has 1 fully saturated rings. The molecule has 2 heterocycles. The first-order valence-corrected chi connectivity index (χ1v) is 8.51. The van der Waals surface area contributed by atoms with Crippen LogP contribution in [0.15, 0.2) is 41.0 Å². The van der Waals surface area contributed by atoms with E-state index in [1.54, 1.807) is 11.0 Å². The molecule has 132 valence electrons. The van der Waals surface area contributed by atoms with Crippen molar-refractivity contribution in [3.63, 3.8) is 0 Å². The summed E-state index contributed by atoms with van der Waals surface area (Å²) in [6, 6.07) is 9.31. The van der Waals surface area contributed by atoms with Crippen molar-refractivity contribution in [2.45, 2.75) is 32.4 Å². The van der Waals surface area contributed by atoms with Crippen LogP contribution < -0.4 is 11.1 Å². The van der Waals surface area contributed by atoms with Crippen molar-refractivity contribution in [3.05, 3.63) is 59.0 Å². The van der Waals surface area contributed by atoms with Gasteiger partial charge in [-0.2, -0.15) is 0 Å². The molecular weight excluding hydrogens is 318 g/mol. The highest BCUT2D eigenvalue weighted by Crippen LogP contribution is 2.17. The van der Waals surface area contributed by atoms with Gasteiger partial charge >= 0.3 is 0 Å². The van der Waals surface area contributed by atoms with Crippen LogP contribution in [0.4, 0.5) is 0 Å². The molecular formula is C19H23N3O3. The number of nitrogens with one attached hydrogen (secondary N) is 1. The predicted molar refractivity (Wildman–Crippen MR) is 94.2 cm³/mol. The number of rotatable bonds is 4. The summed E-state index contributed by atoms with van der Waals surface area (Å²) in [5.74, 6) is 0.501. The molecule has 25 heavy (non-hydrogen) atoms. The van der Waals surface area contributed by atoms with Gasteiger partial charge in [-0.3, -0.25) is 9.59 Å². The molecule has 0 radical (unpaired) electrons. The van der Waals surface area contributed by atoms with Crippen LogP contribution in [0, 0.1) is 6.92 Å². The smallest absolute Gasteiger partial charge is 0.257 e. The van der Waals surface area contributed by atoms with E-state index in [1.807, 2.05) is 31.2 Å². The minimum absolute atomic E-state index is 0.0490. The van der Waals surface area contributed by atoms with Crippen molar-refractivity contribution < 1.29 is 14.0 Å². The Hall–Kier alpha value is -2.60. The van der Waals surface area contributed by atoms with Gasteiger partial charge in [0.1, 0.15) is 12.0 Å². The monoisotopic (exact) mass is 341 g/mol. The number of hydrogen-bond donors (Lipinski definition) is 2. The second-order valence-electron chi connectivity index (χ2n) is 6.36. The lowest BCUT2D eigenvalue weighted by Crippen LogP contribution is -2.46. The van der Waals surface area contributed by atoms with Crippen molar-refractivity contribution in [1.29, 1.82) is 0 Å². The molecule has 0 spiro atoms. The topological polar surface area (TPSA) is 88.6 Å². The lowest BCUT2D eigenvalue weighted by atomic mass is 10.0. The second kappa shape index (κ2) is 7.53. The highest BCUT2D eigenvalue weighted by Gasteiger charge is 2.26. The molecule has 6 heteroatoms. The van der Waals surface area contributed by atoms with Gasteiger partial charge in [-0.15, -0.1) is 0 Å². The van der Waals surface area contributed by atoms with Crippen LogP contribution >= 0.6 is 0 Å². The standard InChI is InChI=1S/C19H23N3O3/c1-13-4-2-3-5-17(13)18(23)21-15-6-8-22(9-7-15)19(24)14-10-16(11-20)25-12-14/h2-5,10,12,15H,6-9,11,20H2,1H3,(H,21,23). The summed E-state index contributed by atoms with van der Waals surface area (Å²) in [6.45, 7) is 3.43. The highest BCUT2D eigenvalue weighted by atomic mass is 16.3. The van der Waals surface area contributed by atoms with E-state index in [0.29, 0.717) is 30.0 Å². The number of nitrogens with zero attached hydrogens (tertiary/aromatic N) is 1. The molecule has 0 atom stereocenters. The van der Waals surface area contributed by atoms with Crippen LogP contribution in [-0.2, 0) is 6.54 Å². The fourth-order valence-corrected chi connectivity index (χ4v) is 3.10. The van der Waals surface area contributed by atoms with Crippen LogP contribution in [0.5, 0.6) is 0 Å². The Kier molecular flexibility index (Phi) is 5.19. The van der Waals surface area contributed by atoms with Crippen LogP contribution in [0.3, 0.4) is 0 Å². The maximum absolute atomic E-state index is 12.5. The number of aryl methyl sites for hydroxylation is 1. The molecule has 0 bridgehead atoms. The first-order chi connectivity index (χ1) is 12.1. The van der Waals surface area contributed by atoms with Crippen molar-refractivity contribution in [1.82, 2.24) is 10.2 Å². The normalized spacial score (nSPS) is 15.2. The zero-order valence-electron chi connectivity index (χ0n) is 14.3. The number of piperidine rings is 1. The SMILES string of the molecule is Cc1ccccc1C(=O)NC1CCN(C(=O)c2coc(CN)c2)CC1. The van der Waals surface area contributed by atoms with Crippen LogP contribution in [0.25, 0.3) is 0 Å². The van der Waals surface area contributed by atoms with E-state index in [0.717, 1.165) is 18.4 Å². The minimum Gasteiger partial charge on any atom is -0.467 e. The molecule has 1 aliphatic heterocycles. The molecule has 0 saturated carbocycles. The molecule has 2 aromatic rings. The highest BCUT2D eigenvalue weighted by molar-refractivity contribution is 5.96. The van der Waals surface area contributed by atoms with E-state index in [1.165, 1.54) is 6.26 Å². The molecule has 6 nitrogen and oxygen atoms in total. The number of carbonyl (C=O) groups excluding carboxylic acids is 2. The third-order valence-electron chi connectivity index (χ3n) is 4.61. The van der Waals surface area contributed by atoms with Crippen LogP contribution in [-0.4, -0.2) is 35.8 Å². The first-order valence-electron chi connectivity index (χ1n) is 8.51. The van der Waals surface area contributed by atoms with Crippen LogP contribution in [0.1, 0.15) is 44.9 Å². The third-order valence-corrected chi connectivity index (χ3v) is 4.61. The van der Waals surface area contributed by atoms with E-state index >= 15 is 0 Å². The fraction of sp³-hybridized carbons (Fsp3) is 0.368.